The van der Waals surface area contributed by atoms with Crippen molar-refractivity contribution >= 4 is 5.91 Å². The molecule has 0 aliphatic rings. The number of likely N-dealkylation sites (N-methyl/N-ethyl adjacent to an activating group) is 1. The molecule has 2 nitrogen and oxygen atoms in total. The van der Waals surface area contributed by atoms with Crippen LogP contribution < -0.4 is 0 Å². The molecule has 2 heteroatoms. The van der Waals surface area contributed by atoms with Gasteiger partial charge < -0.3 is 4.90 Å². The van der Waals surface area contributed by atoms with Crippen LogP contribution in [0, 0.1) is 0 Å². The predicted molar refractivity (Wildman–Crippen MR) is 103 cm³/mol. The summed E-state index contributed by atoms with van der Waals surface area (Å²) in [5, 5.41) is 0. The summed E-state index contributed by atoms with van der Waals surface area (Å²) in [6.45, 7) is 8.92. The highest BCUT2D eigenvalue weighted by atomic mass is 16.2. The first kappa shape index (κ1) is 21.7. The minimum atomic E-state index is 0.0593. The van der Waals surface area contributed by atoms with E-state index in [9.17, 15) is 4.79 Å². The van der Waals surface area contributed by atoms with Crippen LogP contribution in [-0.2, 0) is 4.79 Å². The van der Waals surface area contributed by atoms with Gasteiger partial charge in [-0.2, -0.15) is 0 Å². The quantitative estimate of drug-likeness (QED) is 0.335. The van der Waals surface area contributed by atoms with Crippen LogP contribution in [0.1, 0.15) is 79.1 Å². The summed E-state index contributed by atoms with van der Waals surface area (Å²) in [5.41, 5.74) is 4.33. The fourth-order valence-corrected chi connectivity index (χ4v) is 2.67. The second-order valence-corrected chi connectivity index (χ2v) is 6.34. The zero-order valence-electron chi connectivity index (χ0n) is 16.2. The minimum absolute atomic E-state index is 0.0593. The van der Waals surface area contributed by atoms with Gasteiger partial charge in [-0.3, -0.25) is 4.79 Å². The van der Waals surface area contributed by atoms with Gasteiger partial charge in [-0.15, -0.1) is 0 Å². The molecule has 0 N–H and O–H groups in total. The zero-order chi connectivity index (χ0) is 17.7. The molecule has 0 bridgehead atoms. The Morgan fingerprint density at radius 1 is 0.826 bits per heavy atom. The van der Waals surface area contributed by atoms with Gasteiger partial charge >= 0.3 is 0 Å². The maximum Gasteiger partial charge on any atom is 0.246 e. The number of hydrogen-bond donors (Lipinski definition) is 0. The summed E-state index contributed by atoms with van der Waals surface area (Å²) in [6.07, 6.45) is 15.2. The first-order valence-corrected chi connectivity index (χ1v) is 9.32. The van der Waals surface area contributed by atoms with E-state index in [2.05, 4.69) is 39.8 Å². The number of allylic oxidation sites excluding steroid dienone is 5. The molecule has 132 valence electrons. The first-order valence-electron chi connectivity index (χ1n) is 9.32. The highest BCUT2D eigenvalue weighted by Gasteiger charge is 2.10. The van der Waals surface area contributed by atoms with E-state index in [1.165, 1.54) is 29.6 Å². The summed E-state index contributed by atoms with van der Waals surface area (Å²) in [7, 11) is 3.60. The largest absolute Gasteiger partial charge is 0.345 e. The van der Waals surface area contributed by atoms with Gasteiger partial charge in [0, 0.05) is 20.2 Å². The molecule has 0 aromatic heterocycles. The molecular formula is C21H37NO. The lowest BCUT2D eigenvalue weighted by Crippen LogP contribution is -2.18. The molecule has 0 saturated carbocycles. The summed E-state index contributed by atoms with van der Waals surface area (Å²) in [4.78, 5) is 13.5. The van der Waals surface area contributed by atoms with E-state index in [-0.39, 0.29) is 5.91 Å². The average molecular weight is 320 g/mol. The van der Waals surface area contributed by atoms with Gasteiger partial charge in [0.05, 0.1) is 0 Å². The Morgan fingerprint density at radius 2 is 1.43 bits per heavy atom. The number of unbranched alkanes of at least 4 members (excludes halogenated alkanes) is 1. The van der Waals surface area contributed by atoms with Crippen LogP contribution in [0.2, 0.25) is 0 Å². The monoisotopic (exact) mass is 319 g/mol. The van der Waals surface area contributed by atoms with Crippen molar-refractivity contribution in [2.75, 3.05) is 14.1 Å². The number of carbonyl (C=O) groups is 1. The number of rotatable bonds is 11. The van der Waals surface area contributed by atoms with E-state index in [0.29, 0.717) is 0 Å². The van der Waals surface area contributed by atoms with Crippen LogP contribution in [0.5, 0.6) is 0 Å². The molecule has 23 heavy (non-hydrogen) atoms. The first-order chi connectivity index (χ1) is 11.0. The smallest absolute Gasteiger partial charge is 0.246 e. The predicted octanol–water partition coefficient (Wildman–Crippen LogP) is 6.05. The van der Waals surface area contributed by atoms with Gasteiger partial charge in [0.2, 0.25) is 5.91 Å². The molecule has 0 aromatic carbocycles. The lowest BCUT2D eigenvalue weighted by atomic mass is 9.89. The standard InChI is InChI=1S/C21H37NO/c1-7-11-15-18(12-8-2)20(14-10-4)19(13-9-3)16-17-21(23)22(5)6/h15-17H,7-14H2,1-6H3/b17-16+,18-15+,20-19+. The van der Waals surface area contributed by atoms with Gasteiger partial charge in [0.1, 0.15) is 0 Å². The molecule has 0 spiro atoms. The second-order valence-electron chi connectivity index (χ2n) is 6.34. The second kappa shape index (κ2) is 13.2. The van der Waals surface area contributed by atoms with Crippen molar-refractivity contribution < 1.29 is 4.79 Å². The van der Waals surface area contributed by atoms with Crippen LogP contribution in [-0.4, -0.2) is 24.9 Å². The average Bonchev–Trinajstić information content (AvgIpc) is 2.53. The Morgan fingerprint density at radius 3 is 1.91 bits per heavy atom. The van der Waals surface area contributed by atoms with Crippen molar-refractivity contribution in [3.8, 4) is 0 Å². The van der Waals surface area contributed by atoms with E-state index in [1.807, 2.05) is 0 Å². The van der Waals surface area contributed by atoms with Gasteiger partial charge in [-0.25, -0.2) is 0 Å². The van der Waals surface area contributed by atoms with Crippen molar-refractivity contribution in [1.82, 2.24) is 4.90 Å². The Labute approximate surface area is 144 Å². The third-order valence-corrected chi connectivity index (χ3v) is 3.86. The summed E-state index contributed by atoms with van der Waals surface area (Å²) < 4.78 is 0. The van der Waals surface area contributed by atoms with E-state index in [4.69, 9.17) is 0 Å². The number of nitrogens with zero attached hydrogens (tertiary/aromatic N) is 1. The SMILES string of the molecule is CCC/C=C(CCC)/C(CCC)=C(/C=C/C(=O)N(C)C)CCC. The molecule has 0 unspecified atom stereocenters. The van der Waals surface area contributed by atoms with Gasteiger partial charge in [0.15, 0.2) is 0 Å². The highest BCUT2D eigenvalue weighted by molar-refractivity contribution is 5.87. The van der Waals surface area contributed by atoms with Crippen LogP contribution in [0.3, 0.4) is 0 Å². The van der Waals surface area contributed by atoms with Crippen molar-refractivity contribution in [1.29, 1.82) is 0 Å². The lowest BCUT2D eigenvalue weighted by Gasteiger charge is -2.16. The van der Waals surface area contributed by atoms with Crippen molar-refractivity contribution in [2.45, 2.75) is 79.1 Å². The Kier molecular flexibility index (Phi) is 12.4. The molecule has 0 heterocycles. The van der Waals surface area contributed by atoms with E-state index in [1.54, 1.807) is 25.1 Å². The van der Waals surface area contributed by atoms with Crippen LogP contribution >= 0.6 is 0 Å². The summed E-state index contributed by atoms with van der Waals surface area (Å²) in [5.74, 6) is 0.0593. The third kappa shape index (κ3) is 8.78. The summed E-state index contributed by atoms with van der Waals surface area (Å²) in [6, 6.07) is 0. The lowest BCUT2D eigenvalue weighted by molar-refractivity contribution is -0.123. The molecule has 0 aliphatic heterocycles. The van der Waals surface area contributed by atoms with Gasteiger partial charge in [-0.1, -0.05) is 65.5 Å². The molecule has 1 amide bonds. The zero-order valence-corrected chi connectivity index (χ0v) is 16.2. The minimum Gasteiger partial charge on any atom is -0.345 e. The van der Waals surface area contributed by atoms with Gasteiger partial charge in [-0.05, 0) is 42.4 Å². The fourth-order valence-electron chi connectivity index (χ4n) is 2.67. The Hall–Kier alpha value is -1.31. The maximum absolute atomic E-state index is 11.9. The molecule has 0 aliphatic carbocycles. The van der Waals surface area contributed by atoms with Crippen LogP contribution in [0.4, 0.5) is 0 Å². The molecule has 0 radical (unpaired) electrons. The molecule has 0 atom stereocenters. The topological polar surface area (TPSA) is 20.3 Å². The van der Waals surface area contributed by atoms with Crippen molar-refractivity contribution in [3.05, 3.63) is 34.9 Å². The molecular weight excluding hydrogens is 282 g/mol. The Bertz CT molecular complexity index is 427. The highest BCUT2D eigenvalue weighted by Crippen LogP contribution is 2.28. The molecule has 0 saturated heterocycles. The number of carbonyl (C=O) groups excluding carboxylic acids is 1. The molecule has 0 fully saturated rings. The molecule has 0 aromatic rings. The maximum atomic E-state index is 11.9. The van der Waals surface area contributed by atoms with Crippen molar-refractivity contribution in [3.63, 3.8) is 0 Å². The normalized spacial score (nSPS) is 13.4. The fraction of sp³-hybridized carbons (Fsp3) is 0.667. The van der Waals surface area contributed by atoms with Crippen LogP contribution in [0.15, 0.2) is 34.9 Å². The Balaban J connectivity index is 5.75. The third-order valence-electron chi connectivity index (χ3n) is 3.86. The van der Waals surface area contributed by atoms with Crippen molar-refractivity contribution in [2.24, 2.45) is 0 Å². The number of hydrogen-bond acceptors (Lipinski definition) is 1. The van der Waals surface area contributed by atoms with Crippen LogP contribution in [0.25, 0.3) is 0 Å². The van der Waals surface area contributed by atoms with E-state index in [0.717, 1.165) is 38.5 Å². The van der Waals surface area contributed by atoms with E-state index < -0.39 is 0 Å². The van der Waals surface area contributed by atoms with E-state index >= 15 is 0 Å². The summed E-state index contributed by atoms with van der Waals surface area (Å²) >= 11 is 0. The number of amides is 1. The van der Waals surface area contributed by atoms with Gasteiger partial charge in [0.25, 0.3) is 0 Å². The molecule has 0 rings (SSSR count).